The van der Waals surface area contributed by atoms with Gasteiger partial charge in [-0.05, 0) is 43.7 Å². The van der Waals surface area contributed by atoms with Gasteiger partial charge in [0.25, 0.3) is 11.5 Å². The summed E-state index contributed by atoms with van der Waals surface area (Å²) in [6.45, 7) is 4.29. The predicted octanol–water partition coefficient (Wildman–Crippen LogP) is 5.04. The summed E-state index contributed by atoms with van der Waals surface area (Å²) in [5.74, 6) is -3.05. The number of benzene rings is 3. The monoisotopic (exact) mass is 516 g/mol. The van der Waals surface area contributed by atoms with Gasteiger partial charge in [-0.3, -0.25) is 9.59 Å². The molecule has 1 heterocycles. The lowest BCUT2D eigenvalue weighted by atomic mass is 9.98. The van der Waals surface area contributed by atoms with E-state index < -0.39 is 5.92 Å². The number of hydrogen-bond donors (Lipinski definition) is 3. The Hall–Kier alpha value is -4.59. The molecule has 0 aliphatic heterocycles. The van der Waals surface area contributed by atoms with Gasteiger partial charge in [0.05, 0.1) is 18.8 Å². The zero-order chi connectivity index (χ0) is 27.7. The van der Waals surface area contributed by atoms with Crippen molar-refractivity contribution in [3.63, 3.8) is 0 Å². The Labute approximate surface area is 220 Å². The predicted molar refractivity (Wildman–Crippen MR) is 147 cm³/mol. The number of hydrogen-bond acceptors (Lipinski definition) is 4. The first kappa shape index (κ1) is 28.0. The summed E-state index contributed by atoms with van der Waals surface area (Å²) in [5.41, 5.74) is 9.71. The number of nitrogens with two attached hydrogens (primary N) is 1. The van der Waals surface area contributed by atoms with E-state index in [9.17, 15) is 18.4 Å². The summed E-state index contributed by atoms with van der Waals surface area (Å²) in [6.07, 6.45) is 2.25. The molecule has 1 aromatic heterocycles. The van der Waals surface area contributed by atoms with Crippen LogP contribution in [0.3, 0.4) is 0 Å². The fourth-order valence-corrected chi connectivity index (χ4v) is 3.78. The number of nitrogens with zero attached hydrogens (tertiary/aromatic N) is 1. The second kappa shape index (κ2) is 12.6. The summed E-state index contributed by atoms with van der Waals surface area (Å²) >= 11 is 0. The minimum absolute atomic E-state index is 0.0190. The van der Waals surface area contributed by atoms with Crippen LogP contribution in [0.5, 0.6) is 0 Å². The lowest BCUT2D eigenvalue weighted by molar-refractivity contribution is -0.109. The molecule has 196 valence electrons. The maximum Gasteiger partial charge on any atom is 0.298 e. The van der Waals surface area contributed by atoms with Crippen molar-refractivity contribution in [1.29, 1.82) is 5.41 Å². The number of pyridine rings is 1. The van der Waals surface area contributed by atoms with Gasteiger partial charge < -0.3 is 21.0 Å². The van der Waals surface area contributed by atoms with E-state index in [1.165, 1.54) is 34.9 Å². The third kappa shape index (κ3) is 7.22. The Bertz CT molecular complexity index is 1460. The smallest absolute Gasteiger partial charge is 0.298 e. The molecule has 0 saturated carbocycles. The number of carbonyl (C=O) groups excluding carboxylic acids is 1. The van der Waals surface area contributed by atoms with Crippen LogP contribution in [-0.4, -0.2) is 23.2 Å². The molecule has 0 atom stereocenters. The van der Waals surface area contributed by atoms with Crippen molar-refractivity contribution < 1.29 is 13.6 Å². The van der Waals surface area contributed by atoms with Crippen LogP contribution in [0.4, 0.5) is 14.5 Å². The first-order valence-electron chi connectivity index (χ1n) is 11.9. The van der Waals surface area contributed by atoms with E-state index in [0.29, 0.717) is 29.9 Å². The Kier molecular flexibility index (Phi) is 9.27. The first-order valence-corrected chi connectivity index (χ1v) is 11.9. The molecule has 8 heteroatoms. The maximum atomic E-state index is 14.6. The molecule has 4 rings (SSSR count). The van der Waals surface area contributed by atoms with Crippen molar-refractivity contribution in [2.24, 2.45) is 0 Å². The van der Waals surface area contributed by atoms with Crippen molar-refractivity contribution in [2.75, 3.05) is 12.3 Å². The molecule has 0 aliphatic carbocycles. The summed E-state index contributed by atoms with van der Waals surface area (Å²) in [5, 5.41) is 10.1. The van der Waals surface area contributed by atoms with E-state index in [4.69, 9.17) is 11.1 Å². The number of nitrogens with one attached hydrogen (secondary N) is 2. The van der Waals surface area contributed by atoms with Crippen LogP contribution in [-0.2, 0) is 17.3 Å². The highest BCUT2D eigenvalue weighted by Gasteiger charge is 2.33. The van der Waals surface area contributed by atoms with E-state index in [-0.39, 0.29) is 23.2 Å². The first-order chi connectivity index (χ1) is 18.1. The Morgan fingerprint density at radius 1 is 0.947 bits per heavy atom. The van der Waals surface area contributed by atoms with Gasteiger partial charge in [0.15, 0.2) is 0 Å². The second-order valence-electron chi connectivity index (χ2n) is 8.88. The molecule has 4 N–H and O–H groups in total. The molecule has 38 heavy (non-hydrogen) atoms. The number of aromatic nitrogens is 1. The second-order valence-corrected chi connectivity index (χ2v) is 8.88. The standard InChI is InChI=1S/C20H17F2NO.C10H13N3O/c1-15-5-4-6-18(13-15)20(21,22)17-10-8-16(9-11-17)14-23-12-3-2-7-19(23)24;1-7-2-3-9(11)8(4-7)10(12)5-13-6-14/h2-13H,14H2,1H3;2-4,6,12H,5,11H2,1H3,(H,13,14). The van der Waals surface area contributed by atoms with Crippen molar-refractivity contribution in [2.45, 2.75) is 26.3 Å². The summed E-state index contributed by atoms with van der Waals surface area (Å²) in [4.78, 5) is 21.8. The third-order valence-corrected chi connectivity index (χ3v) is 5.85. The largest absolute Gasteiger partial charge is 0.398 e. The number of halogens is 2. The van der Waals surface area contributed by atoms with E-state index in [1.807, 2.05) is 19.1 Å². The molecular weight excluding hydrogens is 486 g/mol. The van der Waals surface area contributed by atoms with Crippen LogP contribution in [0.1, 0.15) is 33.4 Å². The lowest BCUT2D eigenvalue weighted by Crippen LogP contribution is -2.22. The fourth-order valence-electron chi connectivity index (χ4n) is 3.78. The molecule has 4 aromatic rings. The SMILES string of the molecule is Cc1ccc(N)c(C(=N)CNC=O)c1.Cc1cccc(C(F)(F)c2ccc(Cn3ccccc3=O)cc2)c1. The number of nitrogen functional groups attached to an aromatic ring is 1. The van der Waals surface area contributed by atoms with Gasteiger partial charge in [-0.25, -0.2) is 0 Å². The summed E-state index contributed by atoms with van der Waals surface area (Å²) in [7, 11) is 0. The number of amides is 1. The zero-order valence-corrected chi connectivity index (χ0v) is 21.2. The average molecular weight is 517 g/mol. The van der Waals surface area contributed by atoms with Gasteiger partial charge in [-0.1, -0.05) is 65.7 Å². The summed E-state index contributed by atoms with van der Waals surface area (Å²) in [6, 6.07) is 22.9. The van der Waals surface area contributed by atoms with Gasteiger partial charge in [0.1, 0.15) is 0 Å². The molecular formula is C30H30F2N4O2. The van der Waals surface area contributed by atoms with Crippen LogP contribution in [0.15, 0.2) is 95.9 Å². The summed E-state index contributed by atoms with van der Waals surface area (Å²) < 4.78 is 30.8. The molecule has 0 saturated heterocycles. The molecule has 3 aromatic carbocycles. The third-order valence-electron chi connectivity index (χ3n) is 5.85. The van der Waals surface area contributed by atoms with Crippen molar-refractivity contribution >= 4 is 17.8 Å². The van der Waals surface area contributed by atoms with Crippen molar-refractivity contribution in [3.05, 3.63) is 135 Å². The quantitative estimate of drug-likeness (QED) is 0.174. The molecule has 1 amide bonds. The molecule has 0 aliphatic rings. The van der Waals surface area contributed by atoms with Crippen LogP contribution in [0.25, 0.3) is 0 Å². The van der Waals surface area contributed by atoms with E-state index >= 15 is 0 Å². The Morgan fingerprint density at radius 2 is 1.66 bits per heavy atom. The molecule has 0 fully saturated rings. The van der Waals surface area contributed by atoms with Gasteiger partial charge >= 0.3 is 0 Å². The van der Waals surface area contributed by atoms with Crippen LogP contribution >= 0.6 is 0 Å². The highest BCUT2D eigenvalue weighted by atomic mass is 19.3. The molecule has 0 bridgehead atoms. The Morgan fingerprint density at radius 3 is 2.32 bits per heavy atom. The molecule has 0 radical (unpaired) electrons. The molecule has 0 unspecified atom stereocenters. The number of carbonyl (C=O) groups is 1. The molecule has 6 nitrogen and oxygen atoms in total. The number of aryl methyl sites for hydroxylation is 2. The number of alkyl halides is 2. The average Bonchev–Trinajstić information content (AvgIpc) is 2.90. The molecule has 0 spiro atoms. The topological polar surface area (TPSA) is 101 Å². The van der Waals surface area contributed by atoms with Crippen LogP contribution in [0, 0.1) is 19.3 Å². The maximum absolute atomic E-state index is 14.6. The highest BCUT2D eigenvalue weighted by molar-refractivity contribution is 6.04. The van der Waals surface area contributed by atoms with Gasteiger partial charge in [-0.2, -0.15) is 8.78 Å². The minimum Gasteiger partial charge on any atom is -0.398 e. The van der Waals surface area contributed by atoms with Gasteiger partial charge in [0.2, 0.25) is 6.41 Å². The van der Waals surface area contributed by atoms with Crippen molar-refractivity contribution in [1.82, 2.24) is 9.88 Å². The lowest BCUT2D eigenvalue weighted by Gasteiger charge is -2.18. The van der Waals surface area contributed by atoms with Crippen LogP contribution in [0.2, 0.25) is 0 Å². The fraction of sp³-hybridized carbons (Fsp3) is 0.167. The number of rotatable bonds is 8. The van der Waals surface area contributed by atoms with E-state index in [1.54, 1.807) is 55.6 Å². The normalized spacial score (nSPS) is 10.7. The van der Waals surface area contributed by atoms with E-state index in [2.05, 4.69) is 5.32 Å². The minimum atomic E-state index is -3.05. The van der Waals surface area contributed by atoms with Gasteiger partial charge in [-0.15, -0.1) is 0 Å². The van der Waals surface area contributed by atoms with Crippen molar-refractivity contribution in [3.8, 4) is 0 Å². The van der Waals surface area contributed by atoms with Gasteiger partial charge in [0, 0.05) is 34.6 Å². The van der Waals surface area contributed by atoms with Crippen LogP contribution < -0.4 is 16.6 Å². The highest BCUT2D eigenvalue weighted by Crippen LogP contribution is 2.36. The Balaban J connectivity index is 0.000000244. The zero-order valence-electron chi connectivity index (χ0n) is 21.2. The van der Waals surface area contributed by atoms with E-state index in [0.717, 1.165) is 16.7 Å². The number of anilines is 1.